The van der Waals surface area contributed by atoms with Gasteiger partial charge in [0.2, 0.25) is 0 Å². The van der Waals surface area contributed by atoms with Gasteiger partial charge in [0.25, 0.3) is 0 Å². The van der Waals surface area contributed by atoms with Gasteiger partial charge in [-0.15, -0.1) is 0 Å². The van der Waals surface area contributed by atoms with Crippen molar-refractivity contribution in [3.8, 4) is 0 Å². The van der Waals surface area contributed by atoms with Gasteiger partial charge in [-0.3, -0.25) is 0 Å². The maximum absolute atomic E-state index is 12.1. The van der Waals surface area contributed by atoms with Crippen LogP contribution >= 0.6 is 0 Å². The minimum absolute atomic E-state index is 0.171. The molecule has 2 nitrogen and oxygen atoms in total. The van der Waals surface area contributed by atoms with E-state index in [1.165, 1.54) is 25.7 Å². The fourth-order valence-electron chi connectivity index (χ4n) is 2.71. The summed E-state index contributed by atoms with van der Waals surface area (Å²) in [6.45, 7) is 10.8. The number of carbonyl (C=O) groups excluding carboxylic acids is 1. The molecule has 0 spiro atoms. The molecule has 0 unspecified atom stereocenters. The molecule has 1 saturated carbocycles. The number of carbonyl (C=O) groups is 1. The Morgan fingerprint density at radius 3 is 2.20 bits per heavy atom. The molecule has 0 aliphatic heterocycles. The normalized spacial score (nSPS) is 22.1. The van der Waals surface area contributed by atoms with E-state index < -0.39 is 0 Å². The fraction of sp³-hybridized carbons (Fsp3) is 0.722. The molecule has 0 amide bonds. The van der Waals surface area contributed by atoms with Gasteiger partial charge in [0, 0.05) is 0 Å². The van der Waals surface area contributed by atoms with Gasteiger partial charge >= 0.3 is 5.97 Å². The molecule has 1 aliphatic rings. The molecule has 114 valence electrons. The van der Waals surface area contributed by atoms with Crippen LogP contribution in [0.1, 0.15) is 66.7 Å². The maximum Gasteiger partial charge on any atom is 0.338 e. The van der Waals surface area contributed by atoms with Crippen molar-refractivity contribution < 1.29 is 9.53 Å². The number of esters is 1. The number of allylic oxidation sites excluding steroid dienone is 2. The summed E-state index contributed by atoms with van der Waals surface area (Å²) in [6, 6.07) is 0. The van der Waals surface area contributed by atoms with Crippen molar-refractivity contribution in [2.45, 2.75) is 66.7 Å². The third-order valence-electron chi connectivity index (χ3n) is 4.09. The molecule has 0 N–H and O–H groups in total. The van der Waals surface area contributed by atoms with Gasteiger partial charge in [-0.1, -0.05) is 43.8 Å². The summed E-state index contributed by atoms with van der Waals surface area (Å²) in [7, 11) is 0. The van der Waals surface area contributed by atoms with Crippen molar-refractivity contribution in [3.63, 3.8) is 0 Å². The molecule has 0 aromatic carbocycles. The monoisotopic (exact) mass is 278 g/mol. The Labute approximate surface area is 124 Å². The zero-order valence-electron chi connectivity index (χ0n) is 13.8. The smallest absolute Gasteiger partial charge is 0.338 e. The van der Waals surface area contributed by atoms with Crippen LogP contribution in [-0.4, -0.2) is 12.6 Å². The van der Waals surface area contributed by atoms with E-state index in [0.29, 0.717) is 12.2 Å². The molecular formula is C18H30O2. The zero-order valence-corrected chi connectivity index (χ0v) is 13.8. The van der Waals surface area contributed by atoms with Crippen molar-refractivity contribution in [1.82, 2.24) is 0 Å². The van der Waals surface area contributed by atoms with E-state index in [-0.39, 0.29) is 5.97 Å². The quantitative estimate of drug-likeness (QED) is 0.399. The van der Waals surface area contributed by atoms with Crippen molar-refractivity contribution in [1.29, 1.82) is 0 Å². The first-order chi connectivity index (χ1) is 9.40. The highest BCUT2D eigenvalue weighted by Crippen LogP contribution is 2.30. The standard InChI is InChI=1S/C18H30O2/c1-13(2)12-17(14(3)4)18(19)20-11-10-16-8-6-15(5)7-9-16/h12,15-16H,6-11H2,1-5H3. The van der Waals surface area contributed by atoms with E-state index in [1.54, 1.807) is 0 Å². The molecule has 1 aliphatic carbocycles. The van der Waals surface area contributed by atoms with E-state index in [1.807, 2.05) is 33.8 Å². The molecule has 1 fully saturated rings. The third kappa shape index (κ3) is 5.94. The topological polar surface area (TPSA) is 26.3 Å². The largest absolute Gasteiger partial charge is 0.462 e. The van der Waals surface area contributed by atoms with Crippen molar-refractivity contribution in [2.75, 3.05) is 6.61 Å². The minimum atomic E-state index is -0.171. The van der Waals surface area contributed by atoms with Crippen LogP contribution in [0.4, 0.5) is 0 Å². The van der Waals surface area contributed by atoms with E-state index in [9.17, 15) is 4.79 Å². The van der Waals surface area contributed by atoms with Gasteiger partial charge in [0.05, 0.1) is 12.2 Å². The molecule has 20 heavy (non-hydrogen) atoms. The van der Waals surface area contributed by atoms with Gasteiger partial charge in [-0.05, 0) is 52.0 Å². The summed E-state index contributed by atoms with van der Waals surface area (Å²) in [6.07, 6.45) is 8.18. The molecule has 0 saturated heterocycles. The van der Waals surface area contributed by atoms with E-state index in [0.717, 1.165) is 29.4 Å². The molecule has 0 radical (unpaired) electrons. The first-order valence-electron chi connectivity index (χ1n) is 7.89. The second kappa shape index (κ2) is 8.28. The van der Waals surface area contributed by atoms with E-state index in [2.05, 4.69) is 6.92 Å². The zero-order chi connectivity index (χ0) is 15.1. The van der Waals surface area contributed by atoms with Gasteiger partial charge in [0.1, 0.15) is 0 Å². The third-order valence-corrected chi connectivity index (χ3v) is 4.09. The Hall–Kier alpha value is -1.05. The predicted molar refractivity (Wildman–Crippen MR) is 84.5 cm³/mol. The van der Waals surface area contributed by atoms with Crippen LogP contribution in [-0.2, 0) is 9.53 Å². The van der Waals surface area contributed by atoms with Gasteiger partial charge in [-0.25, -0.2) is 4.79 Å². The van der Waals surface area contributed by atoms with Gasteiger partial charge in [-0.2, -0.15) is 0 Å². The highest BCUT2D eigenvalue weighted by molar-refractivity contribution is 5.92. The molecule has 0 heterocycles. The molecule has 0 aromatic heterocycles. The Balaban J connectivity index is 2.39. The predicted octanol–water partition coefficient (Wildman–Crippen LogP) is 5.05. The van der Waals surface area contributed by atoms with E-state index in [4.69, 9.17) is 4.74 Å². The van der Waals surface area contributed by atoms with Crippen LogP contribution in [0.3, 0.4) is 0 Å². The minimum Gasteiger partial charge on any atom is -0.462 e. The fourth-order valence-corrected chi connectivity index (χ4v) is 2.71. The highest BCUT2D eigenvalue weighted by atomic mass is 16.5. The summed E-state index contributed by atoms with van der Waals surface area (Å²) in [5.74, 6) is 1.46. The summed E-state index contributed by atoms with van der Waals surface area (Å²) < 4.78 is 5.45. The van der Waals surface area contributed by atoms with Crippen LogP contribution < -0.4 is 0 Å². The average Bonchev–Trinajstić information content (AvgIpc) is 2.37. The summed E-state index contributed by atoms with van der Waals surface area (Å²) >= 11 is 0. The second-order valence-corrected chi connectivity index (χ2v) is 6.69. The lowest BCUT2D eigenvalue weighted by Gasteiger charge is -2.25. The van der Waals surface area contributed by atoms with E-state index >= 15 is 0 Å². The summed E-state index contributed by atoms with van der Waals surface area (Å²) in [5, 5.41) is 0. The van der Waals surface area contributed by atoms with Gasteiger partial charge < -0.3 is 4.74 Å². The SMILES string of the molecule is CC(C)=CC(C(=O)OCCC1CCC(C)CC1)=C(C)C. The Morgan fingerprint density at radius 1 is 1.10 bits per heavy atom. The van der Waals surface area contributed by atoms with Crippen LogP contribution in [0, 0.1) is 11.8 Å². The molecule has 2 heteroatoms. The highest BCUT2D eigenvalue weighted by Gasteiger charge is 2.18. The first kappa shape index (κ1) is 17.0. The lowest BCUT2D eigenvalue weighted by Crippen LogP contribution is -2.16. The number of rotatable bonds is 5. The van der Waals surface area contributed by atoms with Crippen molar-refractivity contribution >= 4 is 5.97 Å². The van der Waals surface area contributed by atoms with Crippen LogP contribution in [0.5, 0.6) is 0 Å². The van der Waals surface area contributed by atoms with Crippen molar-refractivity contribution in [2.24, 2.45) is 11.8 Å². The van der Waals surface area contributed by atoms with Gasteiger partial charge in [0.15, 0.2) is 0 Å². The molecule has 0 aromatic rings. The maximum atomic E-state index is 12.1. The summed E-state index contributed by atoms with van der Waals surface area (Å²) in [4.78, 5) is 12.1. The molecule has 0 bridgehead atoms. The van der Waals surface area contributed by atoms with Crippen LogP contribution in [0.2, 0.25) is 0 Å². The van der Waals surface area contributed by atoms with Crippen LogP contribution in [0.25, 0.3) is 0 Å². The number of ether oxygens (including phenoxy) is 1. The Morgan fingerprint density at radius 2 is 1.70 bits per heavy atom. The summed E-state index contributed by atoms with van der Waals surface area (Å²) in [5.41, 5.74) is 2.85. The lowest BCUT2D eigenvalue weighted by molar-refractivity contribution is -0.139. The lowest BCUT2D eigenvalue weighted by atomic mass is 9.82. The average molecular weight is 278 g/mol. The van der Waals surface area contributed by atoms with Crippen LogP contribution in [0.15, 0.2) is 22.8 Å². The number of hydrogen-bond donors (Lipinski definition) is 0. The number of hydrogen-bond acceptors (Lipinski definition) is 2. The van der Waals surface area contributed by atoms with Crippen molar-refractivity contribution in [3.05, 3.63) is 22.8 Å². The second-order valence-electron chi connectivity index (χ2n) is 6.69. The first-order valence-corrected chi connectivity index (χ1v) is 7.89. The molecular weight excluding hydrogens is 248 g/mol. The molecule has 1 rings (SSSR count). The molecule has 0 atom stereocenters. The Kier molecular flexibility index (Phi) is 7.04. The Bertz CT molecular complexity index is 374.